The molecule has 0 fully saturated rings. The smallest absolute Gasteiger partial charge is 0.0406 e. The average molecular weight is 255 g/mol. The second-order valence-corrected chi connectivity index (χ2v) is 5.34. The van der Waals surface area contributed by atoms with Crippen molar-refractivity contribution in [2.75, 3.05) is 20.1 Å². The zero-order valence-electron chi connectivity index (χ0n) is 11.0. The van der Waals surface area contributed by atoms with Crippen LogP contribution in [-0.4, -0.2) is 31.1 Å². The van der Waals surface area contributed by atoms with E-state index in [1.165, 1.54) is 5.56 Å². The van der Waals surface area contributed by atoms with E-state index >= 15 is 0 Å². The number of rotatable bonds is 6. The average Bonchev–Trinajstić information content (AvgIpc) is 2.28. The Balaban J connectivity index is 2.47. The number of nitrogens with two attached hydrogens (primary N) is 1. The molecule has 3 heteroatoms. The Labute approximate surface area is 110 Å². The van der Waals surface area contributed by atoms with Crippen LogP contribution in [0.3, 0.4) is 0 Å². The van der Waals surface area contributed by atoms with Gasteiger partial charge in [0.25, 0.3) is 0 Å². The molecule has 0 aliphatic carbocycles. The van der Waals surface area contributed by atoms with E-state index in [4.69, 9.17) is 17.3 Å². The summed E-state index contributed by atoms with van der Waals surface area (Å²) in [4.78, 5) is 2.35. The lowest BCUT2D eigenvalue weighted by molar-refractivity contribution is 0.200. The van der Waals surface area contributed by atoms with Gasteiger partial charge in [0, 0.05) is 24.2 Å². The summed E-state index contributed by atoms with van der Waals surface area (Å²) in [6.07, 6.45) is 1.04. The van der Waals surface area contributed by atoms with Crippen LogP contribution in [0.5, 0.6) is 0 Å². The fourth-order valence-corrected chi connectivity index (χ4v) is 2.21. The van der Waals surface area contributed by atoms with E-state index in [0.29, 0.717) is 12.0 Å². The third kappa shape index (κ3) is 4.66. The molecular formula is C14H23ClN2. The molecule has 1 atom stereocenters. The molecule has 2 nitrogen and oxygen atoms in total. The molecule has 0 heterocycles. The molecule has 0 bridgehead atoms. The summed E-state index contributed by atoms with van der Waals surface area (Å²) in [5.41, 5.74) is 7.12. The molecule has 0 aromatic heterocycles. The predicted molar refractivity (Wildman–Crippen MR) is 75.5 cm³/mol. The molecule has 1 aromatic rings. The summed E-state index contributed by atoms with van der Waals surface area (Å²) < 4.78 is 0. The van der Waals surface area contributed by atoms with Gasteiger partial charge in [-0.2, -0.15) is 0 Å². The van der Waals surface area contributed by atoms with Gasteiger partial charge in [0.1, 0.15) is 0 Å². The Morgan fingerprint density at radius 3 is 2.29 bits per heavy atom. The molecule has 0 aliphatic rings. The lowest BCUT2D eigenvalue weighted by Gasteiger charge is -2.30. The van der Waals surface area contributed by atoms with E-state index in [1.807, 2.05) is 12.1 Å². The predicted octanol–water partition coefficient (Wildman–Crippen LogP) is 2.80. The second-order valence-electron chi connectivity index (χ2n) is 4.90. The highest BCUT2D eigenvalue weighted by molar-refractivity contribution is 6.30. The number of benzene rings is 1. The van der Waals surface area contributed by atoms with Crippen molar-refractivity contribution < 1.29 is 0 Å². The van der Waals surface area contributed by atoms with Gasteiger partial charge in [0.2, 0.25) is 0 Å². The van der Waals surface area contributed by atoms with Crippen molar-refractivity contribution in [3.05, 3.63) is 34.9 Å². The third-order valence-corrected chi connectivity index (χ3v) is 3.50. The first-order chi connectivity index (χ1) is 8.04. The first-order valence-electron chi connectivity index (χ1n) is 6.19. The van der Waals surface area contributed by atoms with Crippen LogP contribution in [0.15, 0.2) is 24.3 Å². The van der Waals surface area contributed by atoms with E-state index < -0.39 is 0 Å². The van der Waals surface area contributed by atoms with Crippen LogP contribution in [0, 0.1) is 5.92 Å². The van der Waals surface area contributed by atoms with Crippen molar-refractivity contribution in [1.29, 1.82) is 0 Å². The van der Waals surface area contributed by atoms with Crippen LogP contribution in [0.4, 0.5) is 0 Å². The van der Waals surface area contributed by atoms with Crippen LogP contribution in [0.25, 0.3) is 0 Å². The SMILES string of the molecule is CC(C)C(CN)N(C)CCc1ccc(Cl)cc1. The summed E-state index contributed by atoms with van der Waals surface area (Å²) >= 11 is 5.86. The number of halogens is 1. The van der Waals surface area contributed by atoms with Crippen molar-refractivity contribution in [3.63, 3.8) is 0 Å². The number of hydrogen-bond donors (Lipinski definition) is 1. The Kier molecular flexibility index (Phi) is 5.96. The van der Waals surface area contributed by atoms with Crippen LogP contribution in [-0.2, 0) is 6.42 Å². The third-order valence-electron chi connectivity index (χ3n) is 3.24. The van der Waals surface area contributed by atoms with Gasteiger partial charge in [-0.05, 0) is 37.1 Å². The maximum Gasteiger partial charge on any atom is 0.0406 e. The quantitative estimate of drug-likeness (QED) is 0.846. The zero-order valence-corrected chi connectivity index (χ0v) is 11.7. The lowest BCUT2D eigenvalue weighted by Crippen LogP contribution is -2.42. The minimum absolute atomic E-state index is 0.460. The first-order valence-corrected chi connectivity index (χ1v) is 6.57. The second kappa shape index (κ2) is 7.00. The molecule has 0 radical (unpaired) electrons. The number of nitrogens with zero attached hydrogens (tertiary/aromatic N) is 1. The monoisotopic (exact) mass is 254 g/mol. The van der Waals surface area contributed by atoms with Crippen molar-refractivity contribution in [2.24, 2.45) is 11.7 Å². The van der Waals surface area contributed by atoms with Crippen molar-refractivity contribution in [1.82, 2.24) is 4.90 Å². The van der Waals surface area contributed by atoms with Crippen molar-refractivity contribution in [2.45, 2.75) is 26.3 Å². The summed E-state index contributed by atoms with van der Waals surface area (Å²) in [6.45, 7) is 6.18. The molecule has 2 N–H and O–H groups in total. The molecule has 1 unspecified atom stereocenters. The Hall–Kier alpha value is -0.570. The Morgan fingerprint density at radius 2 is 1.82 bits per heavy atom. The maximum absolute atomic E-state index is 5.86. The topological polar surface area (TPSA) is 29.3 Å². The van der Waals surface area contributed by atoms with Gasteiger partial charge in [-0.15, -0.1) is 0 Å². The van der Waals surface area contributed by atoms with E-state index in [2.05, 4.69) is 37.9 Å². The van der Waals surface area contributed by atoms with Crippen LogP contribution < -0.4 is 5.73 Å². The van der Waals surface area contributed by atoms with Gasteiger partial charge in [-0.3, -0.25) is 0 Å². The Morgan fingerprint density at radius 1 is 1.24 bits per heavy atom. The molecule has 96 valence electrons. The van der Waals surface area contributed by atoms with Gasteiger partial charge in [-0.1, -0.05) is 37.6 Å². The lowest BCUT2D eigenvalue weighted by atomic mass is 10.0. The van der Waals surface area contributed by atoms with Crippen LogP contribution >= 0.6 is 11.6 Å². The van der Waals surface area contributed by atoms with Gasteiger partial charge in [0.05, 0.1) is 0 Å². The summed E-state index contributed by atoms with van der Waals surface area (Å²) in [6, 6.07) is 8.52. The highest BCUT2D eigenvalue weighted by Gasteiger charge is 2.16. The Bertz CT molecular complexity index is 321. The van der Waals surface area contributed by atoms with E-state index in [-0.39, 0.29) is 0 Å². The zero-order chi connectivity index (χ0) is 12.8. The van der Waals surface area contributed by atoms with E-state index in [0.717, 1.165) is 24.5 Å². The molecule has 1 rings (SSSR count). The van der Waals surface area contributed by atoms with E-state index in [9.17, 15) is 0 Å². The fourth-order valence-electron chi connectivity index (χ4n) is 2.08. The van der Waals surface area contributed by atoms with Gasteiger partial charge in [0.15, 0.2) is 0 Å². The molecule has 0 saturated heterocycles. The maximum atomic E-state index is 5.86. The fraction of sp³-hybridized carbons (Fsp3) is 0.571. The van der Waals surface area contributed by atoms with Crippen LogP contribution in [0.2, 0.25) is 5.02 Å². The molecule has 0 saturated carbocycles. The van der Waals surface area contributed by atoms with Crippen molar-refractivity contribution in [3.8, 4) is 0 Å². The number of hydrogen-bond acceptors (Lipinski definition) is 2. The largest absolute Gasteiger partial charge is 0.329 e. The normalized spacial score (nSPS) is 13.4. The van der Waals surface area contributed by atoms with Crippen LogP contribution in [0.1, 0.15) is 19.4 Å². The van der Waals surface area contributed by atoms with Gasteiger partial charge < -0.3 is 10.6 Å². The standard InChI is InChI=1S/C14H23ClN2/c1-11(2)14(10-16)17(3)9-8-12-4-6-13(15)7-5-12/h4-7,11,14H,8-10,16H2,1-3H3. The highest BCUT2D eigenvalue weighted by atomic mass is 35.5. The molecule has 17 heavy (non-hydrogen) atoms. The first kappa shape index (κ1) is 14.5. The molecule has 1 aromatic carbocycles. The van der Waals surface area contributed by atoms with Gasteiger partial charge >= 0.3 is 0 Å². The summed E-state index contributed by atoms with van der Waals surface area (Å²) in [5.74, 6) is 0.593. The molecule has 0 amide bonds. The molecular weight excluding hydrogens is 232 g/mol. The number of likely N-dealkylation sites (N-methyl/N-ethyl adjacent to an activating group) is 1. The van der Waals surface area contributed by atoms with E-state index in [1.54, 1.807) is 0 Å². The summed E-state index contributed by atoms with van der Waals surface area (Å²) in [7, 11) is 2.15. The van der Waals surface area contributed by atoms with Crippen molar-refractivity contribution >= 4 is 11.6 Å². The highest BCUT2D eigenvalue weighted by Crippen LogP contribution is 2.12. The summed E-state index contributed by atoms with van der Waals surface area (Å²) in [5, 5.41) is 0.795. The molecule has 0 spiro atoms. The minimum Gasteiger partial charge on any atom is -0.329 e. The van der Waals surface area contributed by atoms with Gasteiger partial charge in [-0.25, -0.2) is 0 Å². The molecule has 0 aliphatic heterocycles. The minimum atomic E-state index is 0.460.